The first kappa shape index (κ1) is 8.02. The minimum atomic E-state index is -0.190. The second-order valence-corrected chi connectivity index (χ2v) is 3.28. The fourth-order valence-corrected chi connectivity index (χ4v) is 1.50. The highest BCUT2D eigenvalue weighted by Gasteiger charge is 2.22. The van der Waals surface area contributed by atoms with E-state index in [0.29, 0.717) is 0 Å². The van der Waals surface area contributed by atoms with Gasteiger partial charge in [0, 0.05) is 13.1 Å². The molecule has 0 aromatic heterocycles. The first-order valence-corrected chi connectivity index (χ1v) is 4.16. The lowest BCUT2D eigenvalue weighted by Gasteiger charge is -2.20. The van der Waals surface area contributed by atoms with Crippen molar-refractivity contribution in [2.24, 2.45) is 5.92 Å². The van der Waals surface area contributed by atoms with E-state index >= 15 is 0 Å². The molecule has 1 N–H and O–H groups in total. The van der Waals surface area contributed by atoms with Crippen molar-refractivity contribution in [3.63, 3.8) is 0 Å². The van der Waals surface area contributed by atoms with Crippen LogP contribution in [0.15, 0.2) is 0 Å². The lowest BCUT2D eigenvalue weighted by atomic mass is 10.2. The maximum Gasteiger partial charge on any atom is 0.107 e. The summed E-state index contributed by atoms with van der Waals surface area (Å²) < 4.78 is 0. The van der Waals surface area contributed by atoms with Gasteiger partial charge in [-0.1, -0.05) is 13.8 Å². The third-order valence-corrected chi connectivity index (χ3v) is 2.24. The molecule has 1 rings (SSSR count). The molecule has 1 aliphatic rings. The Kier molecular flexibility index (Phi) is 2.69. The SMILES string of the molecule is CCC(O)N1CC[C@H](C)C1. The minimum absolute atomic E-state index is 0.190. The number of likely N-dealkylation sites (tertiary alicyclic amines) is 1. The number of rotatable bonds is 2. The van der Waals surface area contributed by atoms with Gasteiger partial charge in [0.15, 0.2) is 0 Å². The van der Waals surface area contributed by atoms with Crippen LogP contribution in [0.2, 0.25) is 0 Å². The van der Waals surface area contributed by atoms with Gasteiger partial charge in [-0.2, -0.15) is 0 Å². The maximum atomic E-state index is 9.40. The average Bonchev–Trinajstić information content (AvgIpc) is 2.34. The summed E-state index contributed by atoms with van der Waals surface area (Å²) in [7, 11) is 0. The van der Waals surface area contributed by atoms with E-state index in [0.717, 1.165) is 25.4 Å². The molecule has 10 heavy (non-hydrogen) atoms. The average molecular weight is 143 g/mol. The third-order valence-electron chi connectivity index (χ3n) is 2.24. The topological polar surface area (TPSA) is 23.5 Å². The van der Waals surface area contributed by atoms with E-state index in [-0.39, 0.29) is 6.23 Å². The van der Waals surface area contributed by atoms with E-state index in [1.54, 1.807) is 0 Å². The Bertz CT molecular complexity index is 105. The molecule has 60 valence electrons. The van der Waals surface area contributed by atoms with Gasteiger partial charge in [0.05, 0.1) is 0 Å². The molecule has 1 fully saturated rings. The van der Waals surface area contributed by atoms with Crippen LogP contribution in [0, 0.1) is 5.92 Å². The highest BCUT2D eigenvalue weighted by Crippen LogP contribution is 2.17. The molecule has 1 heterocycles. The summed E-state index contributed by atoms with van der Waals surface area (Å²) in [5.74, 6) is 0.779. The van der Waals surface area contributed by atoms with E-state index in [1.165, 1.54) is 6.42 Å². The van der Waals surface area contributed by atoms with Gasteiger partial charge >= 0.3 is 0 Å². The largest absolute Gasteiger partial charge is 0.378 e. The van der Waals surface area contributed by atoms with Crippen LogP contribution in [-0.2, 0) is 0 Å². The van der Waals surface area contributed by atoms with Crippen LogP contribution >= 0.6 is 0 Å². The van der Waals surface area contributed by atoms with Crippen LogP contribution < -0.4 is 0 Å². The standard InChI is InChI=1S/C8H17NO/c1-3-8(10)9-5-4-7(2)6-9/h7-8,10H,3-6H2,1-2H3/t7-,8?/m0/s1. The van der Waals surface area contributed by atoms with Gasteiger partial charge in [-0.15, -0.1) is 0 Å². The molecule has 1 aliphatic heterocycles. The number of hydrogen-bond donors (Lipinski definition) is 1. The van der Waals surface area contributed by atoms with Crippen LogP contribution in [0.1, 0.15) is 26.7 Å². The van der Waals surface area contributed by atoms with Crippen molar-refractivity contribution in [2.75, 3.05) is 13.1 Å². The summed E-state index contributed by atoms with van der Waals surface area (Å²) in [6.07, 6.45) is 1.91. The molecular formula is C8H17NO. The van der Waals surface area contributed by atoms with Crippen molar-refractivity contribution >= 4 is 0 Å². The predicted octanol–water partition coefficient (Wildman–Crippen LogP) is 1.06. The highest BCUT2D eigenvalue weighted by atomic mass is 16.3. The van der Waals surface area contributed by atoms with Gasteiger partial charge in [-0.25, -0.2) is 0 Å². The summed E-state index contributed by atoms with van der Waals surface area (Å²) in [5.41, 5.74) is 0. The Hall–Kier alpha value is -0.0800. The van der Waals surface area contributed by atoms with Crippen LogP contribution in [0.3, 0.4) is 0 Å². The molecule has 2 nitrogen and oxygen atoms in total. The number of nitrogens with zero attached hydrogens (tertiary/aromatic N) is 1. The third kappa shape index (κ3) is 1.70. The molecule has 1 unspecified atom stereocenters. The fraction of sp³-hybridized carbons (Fsp3) is 1.00. The van der Waals surface area contributed by atoms with Gasteiger partial charge in [-0.05, 0) is 18.8 Å². The Morgan fingerprint density at radius 3 is 2.80 bits per heavy atom. The van der Waals surface area contributed by atoms with Gasteiger partial charge < -0.3 is 5.11 Å². The molecule has 0 radical (unpaired) electrons. The van der Waals surface area contributed by atoms with E-state index in [4.69, 9.17) is 0 Å². The highest BCUT2D eigenvalue weighted by molar-refractivity contribution is 4.73. The Labute approximate surface area is 62.8 Å². The molecule has 0 aromatic rings. The normalized spacial score (nSPS) is 30.9. The van der Waals surface area contributed by atoms with Crippen LogP contribution in [-0.4, -0.2) is 29.3 Å². The lowest BCUT2D eigenvalue weighted by molar-refractivity contribution is 0.0158. The number of aliphatic hydroxyl groups is 1. The Balaban J connectivity index is 2.29. The molecule has 0 aromatic carbocycles. The first-order chi connectivity index (χ1) is 4.74. The summed E-state index contributed by atoms with van der Waals surface area (Å²) in [5, 5.41) is 9.40. The monoisotopic (exact) mass is 143 g/mol. The maximum absolute atomic E-state index is 9.40. The predicted molar refractivity (Wildman–Crippen MR) is 41.7 cm³/mol. The van der Waals surface area contributed by atoms with Crippen LogP contribution in [0.25, 0.3) is 0 Å². The molecule has 0 spiro atoms. The molecule has 0 amide bonds. The van der Waals surface area contributed by atoms with E-state index in [9.17, 15) is 5.11 Å². The zero-order valence-corrected chi connectivity index (χ0v) is 6.88. The van der Waals surface area contributed by atoms with Crippen molar-refractivity contribution in [3.05, 3.63) is 0 Å². The van der Waals surface area contributed by atoms with Gasteiger partial charge in [-0.3, -0.25) is 4.90 Å². The van der Waals surface area contributed by atoms with Crippen molar-refractivity contribution in [1.82, 2.24) is 4.90 Å². The van der Waals surface area contributed by atoms with Crippen LogP contribution in [0.4, 0.5) is 0 Å². The van der Waals surface area contributed by atoms with Crippen molar-refractivity contribution in [1.29, 1.82) is 0 Å². The minimum Gasteiger partial charge on any atom is -0.378 e. The smallest absolute Gasteiger partial charge is 0.107 e. The summed E-state index contributed by atoms with van der Waals surface area (Å²) in [6, 6.07) is 0. The molecule has 2 heteroatoms. The molecule has 1 saturated heterocycles. The van der Waals surface area contributed by atoms with Gasteiger partial charge in [0.2, 0.25) is 0 Å². The van der Waals surface area contributed by atoms with E-state index in [1.807, 2.05) is 6.92 Å². The van der Waals surface area contributed by atoms with Crippen molar-refractivity contribution in [3.8, 4) is 0 Å². The Morgan fingerprint density at radius 2 is 2.40 bits per heavy atom. The Morgan fingerprint density at radius 1 is 1.70 bits per heavy atom. The molecule has 0 saturated carbocycles. The van der Waals surface area contributed by atoms with Crippen molar-refractivity contribution in [2.45, 2.75) is 32.9 Å². The molecular weight excluding hydrogens is 126 g/mol. The summed E-state index contributed by atoms with van der Waals surface area (Å²) in [4.78, 5) is 2.16. The molecule has 2 atom stereocenters. The summed E-state index contributed by atoms with van der Waals surface area (Å²) >= 11 is 0. The van der Waals surface area contributed by atoms with Gasteiger partial charge in [0.1, 0.15) is 6.23 Å². The van der Waals surface area contributed by atoms with Crippen molar-refractivity contribution < 1.29 is 5.11 Å². The lowest BCUT2D eigenvalue weighted by Crippen LogP contribution is -2.32. The number of aliphatic hydroxyl groups excluding tert-OH is 1. The fourth-order valence-electron chi connectivity index (χ4n) is 1.50. The second kappa shape index (κ2) is 3.35. The molecule has 0 aliphatic carbocycles. The first-order valence-electron chi connectivity index (χ1n) is 4.16. The quantitative estimate of drug-likeness (QED) is 0.624. The van der Waals surface area contributed by atoms with Crippen LogP contribution in [0.5, 0.6) is 0 Å². The molecule has 0 bridgehead atoms. The second-order valence-electron chi connectivity index (χ2n) is 3.28. The zero-order chi connectivity index (χ0) is 7.56. The van der Waals surface area contributed by atoms with E-state index < -0.39 is 0 Å². The van der Waals surface area contributed by atoms with E-state index in [2.05, 4.69) is 11.8 Å². The van der Waals surface area contributed by atoms with Gasteiger partial charge in [0.25, 0.3) is 0 Å². The number of hydrogen-bond acceptors (Lipinski definition) is 2. The summed E-state index contributed by atoms with van der Waals surface area (Å²) in [6.45, 7) is 6.42. The zero-order valence-electron chi connectivity index (χ0n) is 6.88.